The fraction of sp³-hybridized carbons (Fsp3) is 1.00. The Kier molecular flexibility index (Phi) is 8.82. The number of sulfonamides is 1. The van der Waals surface area contributed by atoms with Crippen LogP contribution in [-0.2, 0) is 10.0 Å². The molecule has 0 aromatic heterocycles. The zero-order chi connectivity index (χ0) is 14.2. The molecule has 0 heterocycles. The van der Waals surface area contributed by atoms with Gasteiger partial charge in [-0.05, 0) is 25.3 Å². The fourth-order valence-electron chi connectivity index (χ4n) is 1.64. The van der Waals surface area contributed by atoms with Crippen molar-refractivity contribution < 1.29 is 8.42 Å². The van der Waals surface area contributed by atoms with E-state index >= 15 is 0 Å². The molecular formula is C13H30N2O2S. The van der Waals surface area contributed by atoms with Crippen LogP contribution in [0.5, 0.6) is 0 Å². The molecule has 0 spiro atoms. The van der Waals surface area contributed by atoms with Crippen LogP contribution >= 0.6 is 0 Å². The third kappa shape index (κ3) is 8.06. The average Bonchev–Trinajstić information content (AvgIpc) is 2.27. The lowest BCUT2D eigenvalue weighted by atomic mass is 10.1. The summed E-state index contributed by atoms with van der Waals surface area (Å²) in [4.78, 5) is 0. The minimum absolute atomic E-state index is 0.264. The van der Waals surface area contributed by atoms with Crippen LogP contribution < -0.4 is 5.32 Å². The van der Waals surface area contributed by atoms with Crippen molar-refractivity contribution >= 4 is 10.0 Å². The Morgan fingerprint density at radius 2 is 1.78 bits per heavy atom. The average molecular weight is 278 g/mol. The molecule has 1 atom stereocenters. The summed E-state index contributed by atoms with van der Waals surface area (Å²) < 4.78 is 25.5. The standard InChI is InChI=1S/C13H30N2O2S/c1-6-13(4)11-15(5)18(16,17)10-8-7-9-14-12(2)3/h12-14H,6-11H2,1-5H3. The topological polar surface area (TPSA) is 49.4 Å². The predicted octanol–water partition coefficient (Wildman–Crippen LogP) is 2.07. The lowest BCUT2D eigenvalue weighted by molar-refractivity contribution is 0.393. The smallest absolute Gasteiger partial charge is 0.213 e. The van der Waals surface area contributed by atoms with Gasteiger partial charge in [0.05, 0.1) is 5.75 Å². The maximum atomic E-state index is 12.0. The van der Waals surface area contributed by atoms with Crippen LogP contribution in [0, 0.1) is 5.92 Å². The van der Waals surface area contributed by atoms with Gasteiger partial charge in [-0.2, -0.15) is 0 Å². The molecule has 0 saturated heterocycles. The number of hydrogen-bond donors (Lipinski definition) is 1. The summed E-state index contributed by atoms with van der Waals surface area (Å²) in [7, 11) is -1.37. The maximum Gasteiger partial charge on any atom is 0.213 e. The molecule has 0 aliphatic rings. The molecular weight excluding hydrogens is 248 g/mol. The molecule has 5 heteroatoms. The van der Waals surface area contributed by atoms with Crippen molar-refractivity contribution in [1.82, 2.24) is 9.62 Å². The Labute approximate surface area is 113 Å². The highest BCUT2D eigenvalue weighted by atomic mass is 32.2. The molecule has 0 aliphatic heterocycles. The van der Waals surface area contributed by atoms with Crippen molar-refractivity contribution in [2.24, 2.45) is 5.92 Å². The number of unbranched alkanes of at least 4 members (excludes halogenated alkanes) is 1. The van der Waals surface area contributed by atoms with Gasteiger partial charge >= 0.3 is 0 Å². The van der Waals surface area contributed by atoms with Gasteiger partial charge < -0.3 is 5.32 Å². The maximum absolute atomic E-state index is 12.0. The van der Waals surface area contributed by atoms with Crippen molar-refractivity contribution in [1.29, 1.82) is 0 Å². The largest absolute Gasteiger partial charge is 0.315 e. The number of hydrogen-bond acceptors (Lipinski definition) is 3. The first kappa shape index (κ1) is 17.9. The third-order valence-corrected chi connectivity index (χ3v) is 5.03. The van der Waals surface area contributed by atoms with Crippen molar-refractivity contribution in [2.75, 3.05) is 25.9 Å². The van der Waals surface area contributed by atoms with Crippen LogP contribution in [0.15, 0.2) is 0 Å². The van der Waals surface area contributed by atoms with E-state index in [2.05, 4.69) is 33.0 Å². The summed E-state index contributed by atoms with van der Waals surface area (Å²) in [6.45, 7) is 9.87. The number of rotatable bonds is 10. The molecule has 0 saturated carbocycles. The molecule has 0 amide bonds. The molecule has 0 bridgehead atoms. The van der Waals surface area contributed by atoms with Gasteiger partial charge in [-0.15, -0.1) is 0 Å². The first-order valence-electron chi connectivity index (χ1n) is 6.97. The Morgan fingerprint density at radius 1 is 1.17 bits per heavy atom. The predicted molar refractivity (Wildman–Crippen MR) is 78.2 cm³/mol. The lowest BCUT2D eigenvalue weighted by Crippen LogP contribution is -2.33. The van der Waals surface area contributed by atoms with Crippen LogP contribution in [0.4, 0.5) is 0 Å². The van der Waals surface area contributed by atoms with E-state index in [1.807, 2.05) is 0 Å². The summed E-state index contributed by atoms with van der Waals surface area (Å²) in [5, 5.41) is 3.29. The van der Waals surface area contributed by atoms with E-state index in [0.29, 0.717) is 18.5 Å². The van der Waals surface area contributed by atoms with Gasteiger partial charge in [0.2, 0.25) is 10.0 Å². The normalized spacial score (nSPS) is 14.4. The molecule has 0 fully saturated rings. The SMILES string of the molecule is CCC(C)CN(C)S(=O)(=O)CCCCNC(C)C. The van der Waals surface area contributed by atoms with Crippen LogP contribution in [0.25, 0.3) is 0 Å². The van der Waals surface area contributed by atoms with E-state index in [0.717, 1.165) is 25.8 Å². The van der Waals surface area contributed by atoms with E-state index < -0.39 is 10.0 Å². The van der Waals surface area contributed by atoms with Gasteiger partial charge in [0, 0.05) is 19.6 Å². The third-order valence-electron chi connectivity index (χ3n) is 3.12. The molecule has 18 heavy (non-hydrogen) atoms. The second-order valence-electron chi connectivity index (χ2n) is 5.43. The van der Waals surface area contributed by atoms with E-state index in [9.17, 15) is 8.42 Å². The minimum atomic E-state index is -3.06. The van der Waals surface area contributed by atoms with Crippen molar-refractivity contribution in [3.05, 3.63) is 0 Å². The van der Waals surface area contributed by atoms with Crippen molar-refractivity contribution in [2.45, 2.75) is 53.0 Å². The molecule has 0 rings (SSSR count). The van der Waals surface area contributed by atoms with Gasteiger partial charge in [-0.1, -0.05) is 34.1 Å². The second-order valence-corrected chi connectivity index (χ2v) is 7.62. The summed E-state index contributed by atoms with van der Waals surface area (Å²) in [6.07, 6.45) is 2.65. The van der Waals surface area contributed by atoms with Gasteiger partial charge in [-0.25, -0.2) is 12.7 Å². The number of nitrogens with zero attached hydrogens (tertiary/aromatic N) is 1. The quantitative estimate of drug-likeness (QED) is 0.622. The Hall–Kier alpha value is -0.130. The summed E-state index contributed by atoms with van der Waals surface area (Å²) >= 11 is 0. The van der Waals surface area contributed by atoms with Crippen LogP contribution in [-0.4, -0.2) is 44.7 Å². The summed E-state index contributed by atoms with van der Waals surface area (Å²) in [5.74, 6) is 0.687. The molecule has 0 aromatic rings. The molecule has 110 valence electrons. The lowest BCUT2D eigenvalue weighted by Gasteiger charge is -2.20. The van der Waals surface area contributed by atoms with Gasteiger partial charge in [0.25, 0.3) is 0 Å². The van der Waals surface area contributed by atoms with E-state index in [4.69, 9.17) is 0 Å². The van der Waals surface area contributed by atoms with Crippen molar-refractivity contribution in [3.63, 3.8) is 0 Å². The Balaban J connectivity index is 3.92. The summed E-state index contributed by atoms with van der Waals surface area (Å²) in [5.41, 5.74) is 0. The first-order chi connectivity index (χ1) is 8.29. The van der Waals surface area contributed by atoms with Gasteiger partial charge in [0.15, 0.2) is 0 Å². The Morgan fingerprint density at radius 3 is 2.28 bits per heavy atom. The second kappa shape index (κ2) is 8.88. The number of nitrogens with one attached hydrogen (secondary N) is 1. The summed E-state index contributed by atoms with van der Waals surface area (Å²) in [6, 6.07) is 0.467. The zero-order valence-corrected chi connectivity index (χ0v) is 13.4. The monoisotopic (exact) mass is 278 g/mol. The van der Waals surface area contributed by atoms with E-state index in [-0.39, 0.29) is 5.75 Å². The molecule has 0 aliphatic carbocycles. The highest BCUT2D eigenvalue weighted by molar-refractivity contribution is 7.89. The highest BCUT2D eigenvalue weighted by Crippen LogP contribution is 2.08. The molecule has 1 unspecified atom stereocenters. The van der Waals surface area contributed by atoms with Gasteiger partial charge in [-0.3, -0.25) is 0 Å². The zero-order valence-electron chi connectivity index (χ0n) is 12.6. The first-order valence-corrected chi connectivity index (χ1v) is 8.58. The van der Waals surface area contributed by atoms with Crippen molar-refractivity contribution in [3.8, 4) is 0 Å². The fourth-order valence-corrected chi connectivity index (χ4v) is 3.00. The molecule has 0 radical (unpaired) electrons. The van der Waals surface area contributed by atoms with Crippen LogP contribution in [0.1, 0.15) is 47.0 Å². The highest BCUT2D eigenvalue weighted by Gasteiger charge is 2.18. The van der Waals surface area contributed by atoms with Crippen LogP contribution in [0.2, 0.25) is 0 Å². The van der Waals surface area contributed by atoms with E-state index in [1.165, 1.54) is 4.31 Å². The molecule has 4 nitrogen and oxygen atoms in total. The van der Waals surface area contributed by atoms with E-state index in [1.54, 1.807) is 7.05 Å². The Bertz CT molecular complexity index is 302. The molecule has 0 aromatic carbocycles. The minimum Gasteiger partial charge on any atom is -0.315 e. The molecule has 1 N–H and O–H groups in total. The van der Waals surface area contributed by atoms with Crippen LogP contribution in [0.3, 0.4) is 0 Å². The van der Waals surface area contributed by atoms with Gasteiger partial charge in [0.1, 0.15) is 0 Å².